The van der Waals surface area contributed by atoms with Crippen LogP contribution in [0, 0.1) is 0 Å². The molecule has 0 saturated carbocycles. The first-order chi connectivity index (χ1) is 18.9. The number of halogens is 2. The van der Waals surface area contributed by atoms with E-state index in [1.54, 1.807) is 42.8 Å². The number of hydrogen-bond acceptors (Lipinski definition) is 11. The van der Waals surface area contributed by atoms with Crippen LogP contribution in [-0.2, 0) is 32.5 Å². The van der Waals surface area contributed by atoms with Gasteiger partial charge < -0.3 is 14.7 Å². The molecule has 10 nitrogen and oxygen atoms in total. The highest BCUT2D eigenvalue weighted by Gasteiger charge is 2.25. The van der Waals surface area contributed by atoms with Gasteiger partial charge >= 0.3 is 0 Å². The van der Waals surface area contributed by atoms with Gasteiger partial charge in [0.2, 0.25) is 0 Å². The Morgan fingerprint density at radius 2 is 1.69 bits per heavy atom. The quantitative estimate of drug-likeness (QED) is 0.296. The van der Waals surface area contributed by atoms with Crippen molar-refractivity contribution in [1.82, 2.24) is 40.2 Å². The lowest BCUT2D eigenvalue weighted by molar-refractivity contribution is 0.0817. The van der Waals surface area contributed by atoms with E-state index < -0.39 is 0 Å². The van der Waals surface area contributed by atoms with Crippen LogP contribution in [0.25, 0.3) is 20.4 Å². The van der Waals surface area contributed by atoms with Crippen LogP contribution in [0.4, 0.5) is 0 Å². The van der Waals surface area contributed by atoms with E-state index >= 15 is 0 Å². The zero-order valence-electron chi connectivity index (χ0n) is 21.2. The van der Waals surface area contributed by atoms with E-state index in [9.17, 15) is 4.79 Å². The largest absolute Gasteiger partial charge is 0.359 e. The minimum atomic E-state index is -0.159. The van der Waals surface area contributed by atoms with Crippen LogP contribution < -0.4 is 5.32 Å². The number of rotatable bonds is 3. The Morgan fingerprint density at radius 1 is 1.03 bits per heavy atom. The maximum absolute atomic E-state index is 11.9. The summed E-state index contributed by atoms with van der Waals surface area (Å²) >= 11 is 15.7. The minimum absolute atomic E-state index is 0.159. The summed E-state index contributed by atoms with van der Waals surface area (Å²) in [7, 11) is 3.39. The van der Waals surface area contributed by atoms with E-state index in [1.807, 2.05) is 0 Å². The average molecular weight is 604 g/mol. The zero-order chi connectivity index (χ0) is 27.1. The molecule has 14 heteroatoms. The molecule has 0 saturated heterocycles. The molecule has 2 aliphatic heterocycles. The molecule has 5 aromatic rings. The lowest BCUT2D eigenvalue weighted by Crippen LogP contribution is -2.29. The van der Waals surface area contributed by atoms with Crippen LogP contribution in [0.2, 0.25) is 10.3 Å². The molecule has 1 N–H and O–H groups in total. The van der Waals surface area contributed by atoms with Crippen LogP contribution in [-0.4, -0.2) is 68.0 Å². The van der Waals surface area contributed by atoms with Crippen LogP contribution in [0.1, 0.15) is 37.1 Å². The highest BCUT2D eigenvalue weighted by atomic mass is 35.5. The predicted octanol–water partition coefficient (Wildman–Crippen LogP) is 4.58. The first-order valence-corrected chi connectivity index (χ1v) is 14.7. The highest BCUT2D eigenvalue weighted by Crippen LogP contribution is 2.37. The van der Waals surface area contributed by atoms with Crippen LogP contribution in [0.15, 0.2) is 23.2 Å². The van der Waals surface area contributed by atoms with Gasteiger partial charge in [-0.25, -0.2) is 19.9 Å². The van der Waals surface area contributed by atoms with E-state index in [-0.39, 0.29) is 5.91 Å². The Morgan fingerprint density at radius 3 is 2.38 bits per heavy atom. The summed E-state index contributed by atoms with van der Waals surface area (Å²) in [6, 6.07) is 1.71. The molecular weight excluding hydrogens is 579 g/mol. The zero-order valence-corrected chi connectivity index (χ0v) is 24.3. The van der Waals surface area contributed by atoms with E-state index in [0.29, 0.717) is 28.3 Å². The second-order valence-electron chi connectivity index (χ2n) is 9.46. The molecule has 0 unspecified atom stereocenters. The number of amides is 1. The van der Waals surface area contributed by atoms with Crippen molar-refractivity contribution in [2.24, 2.45) is 0 Å². The van der Waals surface area contributed by atoms with Gasteiger partial charge in [0.1, 0.15) is 32.6 Å². The molecule has 202 valence electrons. The Bertz CT molecular complexity index is 1680. The van der Waals surface area contributed by atoms with Crippen molar-refractivity contribution in [3.05, 3.63) is 61.4 Å². The van der Waals surface area contributed by atoms with Crippen molar-refractivity contribution in [3.8, 4) is 0 Å². The molecule has 1 amide bonds. The second-order valence-corrected chi connectivity index (χ2v) is 12.3. The summed E-state index contributed by atoms with van der Waals surface area (Å²) in [5, 5.41) is 10.4. The molecule has 7 rings (SSSR count). The SMILES string of the molecule is CN(C)C(=O)c1cc(CN2CCc3c(sc4ncnc(Cl)c34)C2)on1.Clc1ncnc2sc3c(c12)CCNC3. The van der Waals surface area contributed by atoms with Gasteiger partial charge in [0, 0.05) is 49.6 Å². The van der Waals surface area contributed by atoms with E-state index in [1.165, 1.54) is 38.4 Å². The molecular formula is C25H24Cl2N8O2S2. The number of nitrogens with one attached hydrogen (secondary N) is 1. The Labute approximate surface area is 242 Å². The number of hydrogen-bond donors (Lipinski definition) is 1. The number of thiophene rings is 2. The van der Waals surface area contributed by atoms with Crippen molar-refractivity contribution in [1.29, 1.82) is 0 Å². The maximum atomic E-state index is 11.9. The van der Waals surface area contributed by atoms with Gasteiger partial charge in [0.15, 0.2) is 11.5 Å². The molecule has 7 heterocycles. The minimum Gasteiger partial charge on any atom is -0.359 e. The molecule has 0 spiro atoms. The molecule has 2 aliphatic rings. The molecule has 0 aromatic carbocycles. The number of nitrogens with zero attached hydrogens (tertiary/aromatic N) is 7. The molecule has 0 bridgehead atoms. The van der Waals surface area contributed by atoms with Crippen molar-refractivity contribution < 1.29 is 9.32 Å². The van der Waals surface area contributed by atoms with Gasteiger partial charge in [-0.1, -0.05) is 28.4 Å². The summed E-state index contributed by atoms with van der Waals surface area (Å²) in [4.78, 5) is 36.9. The van der Waals surface area contributed by atoms with Crippen LogP contribution >= 0.6 is 45.9 Å². The Kier molecular flexibility index (Phi) is 7.49. The average Bonchev–Trinajstić information content (AvgIpc) is 3.64. The third kappa shape index (κ3) is 5.24. The standard InChI is InChI=1S/C16H16ClN5O2S.C9H8ClN3S/c1-21(2)16(23)11-5-9(24-20-11)6-22-4-3-10-12(7-22)25-15-13(10)14(17)18-8-19-15;10-8-7-5-1-2-11-3-6(5)14-9(7)13-4-12-8/h5,8H,3-4,6-7H2,1-2H3;4,11H,1-3H2. The number of aromatic nitrogens is 5. The lowest BCUT2D eigenvalue weighted by atomic mass is 10.1. The van der Waals surface area contributed by atoms with Gasteiger partial charge in [0.05, 0.1) is 17.3 Å². The fourth-order valence-electron chi connectivity index (χ4n) is 4.84. The summed E-state index contributed by atoms with van der Waals surface area (Å²) in [5.41, 5.74) is 2.93. The first kappa shape index (κ1) is 26.5. The molecule has 0 aliphatic carbocycles. The first-order valence-electron chi connectivity index (χ1n) is 12.3. The number of fused-ring (bicyclic) bond motifs is 6. The number of carbonyl (C=O) groups is 1. The molecule has 0 radical (unpaired) electrons. The van der Waals surface area contributed by atoms with Gasteiger partial charge in [-0.2, -0.15) is 0 Å². The molecule has 5 aromatic heterocycles. The van der Waals surface area contributed by atoms with Gasteiger partial charge in [-0.15, -0.1) is 22.7 Å². The smallest absolute Gasteiger partial charge is 0.275 e. The third-order valence-corrected chi connectivity index (χ3v) is 9.53. The number of carbonyl (C=O) groups excluding carboxylic acids is 1. The summed E-state index contributed by atoms with van der Waals surface area (Å²) in [6.45, 7) is 4.24. The van der Waals surface area contributed by atoms with Crippen molar-refractivity contribution in [3.63, 3.8) is 0 Å². The van der Waals surface area contributed by atoms with E-state index in [0.717, 1.165) is 59.5 Å². The summed E-state index contributed by atoms with van der Waals surface area (Å²) < 4.78 is 5.33. The maximum Gasteiger partial charge on any atom is 0.275 e. The molecule has 39 heavy (non-hydrogen) atoms. The fraction of sp³-hybridized carbons (Fsp3) is 0.360. The van der Waals surface area contributed by atoms with Crippen LogP contribution in [0.3, 0.4) is 0 Å². The second kappa shape index (κ2) is 11.0. The molecule has 0 atom stereocenters. The summed E-state index contributed by atoms with van der Waals surface area (Å²) in [6.07, 6.45) is 4.95. The van der Waals surface area contributed by atoms with Gasteiger partial charge in [0.25, 0.3) is 5.91 Å². The highest BCUT2D eigenvalue weighted by molar-refractivity contribution is 7.19. The van der Waals surface area contributed by atoms with Crippen molar-refractivity contribution in [2.75, 3.05) is 27.2 Å². The van der Waals surface area contributed by atoms with Crippen molar-refractivity contribution >= 4 is 72.2 Å². The fourth-order valence-corrected chi connectivity index (χ4v) is 7.83. The lowest BCUT2D eigenvalue weighted by Gasteiger charge is -2.25. The predicted molar refractivity (Wildman–Crippen MR) is 153 cm³/mol. The summed E-state index contributed by atoms with van der Waals surface area (Å²) in [5.74, 6) is 0.529. The molecule has 0 fully saturated rings. The van der Waals surface area contributed by atoms with E-state index in [2.05, 4.69) is 35.3 Å². The van der Waals surface area contributed by atoms with E-state index in [4.69, 9.17) is 27.7 Å². The Balaban J connectivity index is 0.000000166. The van der Waals surface area contributed by atoms with Gasteiger partial charge in [-0.05, 0) is 30.5 Å². The topological polar surface area (TPSA) is 113 Å². The normalized spacial score (nSPS) is 15.1. The van der Waals surface area contributed by atoms with Crippen LogP contribution in [0.5, 0.6) is 0 Å². The Hall–Kier alpha value is -2.74. The monoisotopic (exact) mass is 602 g/mol. The third-order valence-electron chi connectivity index (χ3n) is 6.70. The van der Waals surface area contributed by atoms with Gasteiger partial charge in [-0.3, -0.25) is 9.69 Å². The van der Waals surface area contributed by atoms with Crippen molar-refractivity contribution in [2.45, 2.75) is 32.5 Å².